The molecule has 1 N–H and O–H groups in total. The van der Waals surface area contributed by atoms with Crippen LogP contribution < -0.4 is 15.1 Å². The Morgan fingerprint density at radius 1 is 1.04 bits per heavy atom. The van der Waals surface area contributed by atoms with Gasteiger partial charge in [0.1, 0.15) is 11.9 Å². The van der Waals surface area contributed by atoms with Crippen LogP contribution in [0.2, 0.25) is 0 Å². The van der Waals surface area contributed by atoms with E-state index in [-0.39, 0.29) is 5.91 Å². The van der Waals surface area contributed by atoms with Gasteiger partial charge in [0, 0.05) is 26.3 Å². The van der Waals surface area contributed by atoms with Crippen molar-refractivity contribution in [1.29, 1.82) is 0 Å². The molecule has 5 heteroatoms. The van der Waals surface area contributed by atoms with E-state index >= 15 is 0 Å². The Morgan fingerprint density at radius 3 is 2.50 bits per heavy atom. The number of aromatic nitrogens is 1. The Hall–Kier alpha value is -3.34. The normalized spacial score (nSPS) is 13.7. The summed E-state index contributed by atoms with van der Waals surface area (Å²) < 4.78 is 0. The first-order valence-corrected chi connectivity index (χ1v) is 9.47. The van der Waals surface area contributed by atoms with Gasteiger partial charge in [-0.25, -0.2) is 4.98 Å². The van der Waals surface area contributed by atoms with E-state index in [1.807, 2.05) is 67.5 Å². The summed E-state index contributed by atoms with van der Waals surface area (Å²) in [5.41, 5.74) is 4.37. The zero-order valence-corrected chi connectivity index (χ0v) is 16.2. The maximum atomic E-state index is 13.3. The van der Waals surface area contributed by atoms with Gasteiger partial charge in [-0.05, 0) is 35.7 Å². The third-order valence-corrected chi connectivity index (χ3v) is 5.11. The second kappa shape index (κ2) is 7.72. The lowest BCUT2D eigenvalue weighted by Gasteiger charge is -2.29. The summed E-state index contributed by atoms with van der Waals surface area (Å²) in [6, 6.07) is 21.6. The molecule has 1 aromatic heterocycles. The molecule has 142 valence electrons. The average Bonchev–Trinajstić information content (AvgIpc) is 3.13. The Morgan fingerprint density at radius 2 is 1.79 bits per heavy atom. The quantitative estimate of drug-likeness (QED) is 0.738. The van der Waals surface area contributed by atoms with Crippen LogP contribution in [0.15, 0.2) is 72.9 Å². The largest absolute Gasteiger partial charge is 0.376 e. The number of pyridine rings is 1. The average molecular weight is 372 g/mol. The minimum absolute atomic E-state index is 0.0759. The van der Waals surface area contributed by atoms with Crippen molar-refractivity contribution in [2.24, 2.45) is 0 Å². The van der Waals surface area contributed by atoms with Gasteiger partial charge >= 0.3 is 0 Å². The fraction of sp³-hybridized carbons (Fsp3) is 0.217. The molecule has 3 aromatic rings. The molecule has 0 aliphatic carbocycles. The second-order valence-electron chi connectivity index (χ2n) is 7.17. The maximum absolute atomic E-state index is 13.3. The molecule has 0 spiro atoms. The number of nitrogens with one attached hydrogen (secondary N) is 1. The molecule has 1 atom stereocenters. The van der Waals surface area contributed by atoms with Crippen molar-refractivity contribution in [3.05, 3.63) is 84.1 Å². The number of hydrogen-bond donors (Lipinski definition) is 1. The van der Waals surface area contributed by atoms with Gasteiger partial charge in [0.25, 0.3) is 5.91 Å². The molecule has 1 amide bonds. The Balaban J connectivity index is 1.64. The molecule has 28 heavy (non-hydrogen) atoms. The van der Waals surface area contributed by atoms with Gasteiger partial charge in [0.2, 0.25) is 0 Å². The van der Waals surface area contributed by atoms with E-state index in [1.165, 1.54) is 5.56 Å². The van der Waals surface area contributed by atoms with Crippen molar-refractivity contribution >= 4 is 23.1 Å². The highest BCUT2D eigenvalue weighted by molar-refractivity contribution is 5.97. The molecule has 0 saturated heterocycles. The van der Waals surface area contributed by atoms with Gasteiger partial charge in [-0.1, -0.05) is 48.5 Å². The topological polar surface area (TPSA) is 48.5 Å². The van der Waals surface area contributed by atoms with E-state index in [4.69, 9.17) is 0 Å². The zero-order valence-electron chi connectivity index (χ0n) is 16.2. The molecular weight excluding hydrogens is 348 g/mol. The molecule has 1 aliphatic rings. The van der Waals surface area contributed by atoms with Crippen LogP contribution in [0.4, 0.5) is 17.2 Å². The van der Waals surface area contributed by atoms with Crippen molar-refractivity contribution in [3.63, 3.8) is 0 Å². The van der Waals surface area contributed by atoms with Crippen molar-refractivity contribution < 1.29 is 4.79 Å². The number of benzene rings is 2. The lowest BCUT2D eigenvalue weighted by atomic mass is 10.0. The highest BCUT2D eigenvalue weighted by Crippen LogP contribution is 2.35. The predicted octanol–water partition coefficient (Wildman–Crippen LogP) is 3.89. The number of rotatable bonds is 5. The molecule has 0 radical (unpaired) electrons. The van der Waals surface area contributed by atoms with Crippen molar-refractivity contribution in [2.45, 2.75) is 12.5 Å². The summed E-state index contributed by atoms with van der Waals surface area (Å²) in [5, 5.41) is 3.00. The zero-order chi connectivity index (χ0) is 19.5. The smallest absolute Gasteiger partial charge is 0.252 e. The van der Waals surface area contributed by atoms with Crippen molar-refractivity contribution in [1.82, 2.24) is 4.98 Å². The third-order valence-electron chi connectivity index (χ3n) is 5.11. The molecule has 0 saturated carbocycles. The molecule has 0 unspecified atom stereocenters. The Kier molecular flexibility index (Phi) is 4.98. The summed E-state index contributed by atoms with van der Waals surface area (Å²) >= 11 is 0. The van der Waals surface area contributed by atoms with Crippen molar-refractivity contribution in [2.75, 3.05) is 35.8 Å². The van der Waals surface area contributed by atoms with Gasteiger partial charge in [0.05, 0.1) is 11.9 Å². The molecule has 2 aromatic carbocycles. The molecular formula is C23H24N4O. The minimum Gasteiger partial charge on any atom is -0.376 e. The molecule has 4 rings (SSSR count). The van der Waals surface area contributed by atoms with E-state index in [2.05, 4.69) is 33.4 Å². The summed E-state index contributed by atoms with van der Waals surface area (Å²) in [5.74, 6) is 0.483. The first-order chi connectivity index (χ1) is 13.6. The summed E-state index contributed by atoms with van der Waals surface area (Å²) in [6.07, 6.45) is 2.71. The monoisotopic (exact) mass is 372 g/mol. The van der Waals surface area contributed by atoms with Crippen LogP contribution in [0.1, 0.15) is 17.2 Å². The maximum Gasteiger partial charge on any atom is 0.252 e. The van der Waals surface area contributed by atoms with E-state index in [0.29, 0.717) is 5.82 Å². The van der Waals surface area contributed by atoms with E-state index in [1.54, 1.807) is 6.20 Å². The Labute approximate surface area is 165 Å². The number of hydrogen-bond acceptors (Lipinski definition) is 4. The second-order valence-corrected chi connectivity index (χ2v) is 7.17. The highest BCUT2D eigenvalue weighted by Gasteiger charge is 2.32. The fourth-order valence-electron chi connectivity index (χ4n) is 3.66. The van der Waals surface area contributed by atoms with Crippen LogP contribution in [-0.4, -0.2) is 31.5 Å². The van der Waals surface area contributed by atoms with Gasteiger partial charge < -0.3 is 15.1 Å². The van der Waals surface area contributed by atoms with Crippen LogP contribution >= 0.6 is 0 Å². The van der Waals surface area contributed by atoms with Crippen LogP contribution in [0.5, 0.6) is 0 Å². The third kappa shape index (κ3) is 3.56. The fourth-order valence-corrected chi connectivity index (χ4v) is 3.66. The summed E-state index contributed by atoms with van der Waals surface area (Å²) in [7, 11) is 3.93. The number of fused-ring (bicyclic) bond motifs is 1. The van der Waals surface area contributed by atoms with Crippen LogP contribution in [0.25, 0.3) is 0 Å². The molecule has 0 bridgehead atoms. The van der Waals surface area contributed by atoms with Gasteiger partial charge in [-0.3, -0.25) is 4.79 Å². The summed E-state index contributed by atoms with van der Waals surface area (Å²) in [6.45, 7) is 0.819. The first-order valence-electron chi connectivity index (χ1n) is 9.47. The molecule has 1 aliphatic heterocycles. The number of amides is 1. The van der Waals surface area contributed by atoms with E-state index < -0.39 is 6.04 Å². The minimum atomic E-state index is -0.403. The van der Waals surface area contributed by atoms with Crippen LogP contribution in [-0.2, 0) is 11.2 Å². The lowest BCUT2D eigenvalue weighted by Crippen LogP contribution is -2.36. The van der Waals surface area contributed by atoms with Crippen LogP contribution in [0.3, 0.4) is 0 Å². The molecule has 5 nitrogen and oxygen atoms in total. The molecule has 2 heterocycles. The van der Waals surface area contributed by atoms with Crippen LogP contribution in [0, 0.1) is 0 Å². The lowest BCUT2D eigenvalue weighted by molar-refractivity contribution is -0.117. The van der Waals surface area contributed by atoms with Gasteiger partial charge in [0.15, 0.2) is 0 Å². The number of anilines is 3. The highest BCUT2D eigenvalue weighted by atomic mass is 16.2. The van der Waals surface area contributed by atoms with E-state index in [9.17, 15) is 4.79 Å². The molecule has 0 fully saturated rings. The number of nitrogens with zero attached hydrogens (tertiary/aromatic N) is 3. The number of carbonyl (C=O) groups is 1. The van der Waals surface area contributed by atoms with Crippen molar-refractivity contribution in [3.8, 4) is 0 Å². The SMILES string of the molecule is CN(C)c1ccc(NC(=O)[C@H](c2ccccc2)N2CCc3ccccc32)nc1. The van der Waals surface area contributed by atoms with Gasteiger partial charge in [-0.15, -0.1) is 0 Å². The summed E-state index contributed by atoms with van der Waals surface area (Å²) in [4.78, 5) is 21.9. The number of carbonyl (C=O) groups excluding carboxylic acids is 1. The first kappa shape index (κ1) is 18.0. The Bertz CT molecular complexity index is 954. The van der Waals surface area contributed by atoms with Gasteiger partial charge in [-0.2, -0.15) is 0 Å². The number of para-hydroxylation sites is 1. The van der Waals surface area contributed by atoms with E-state index in [0.717, 1.165) is 29.9 Å². The predicted molar refractivity (Wildman–Crippen MR) is 114 cm³/mol. The standard InChI is InChI=1S/C23H24N4O/c1-26(2)19-12-13-21(24-16-19)25-23(28)22(18-9-4-3-5-10-18)27-15-14-17-8-6-7-11-20(17)27/h3-13,16,22H,14-15H2,1-2H3,(H,24,25,28)/t22-/m0/s1.